The van der Waals surface area contributed by atoms with Crippen LogP contribution >= 0.6 is 0 Å². The van der Waals surface area contributed by atoms with Crippen molar-refractivity contribution in [2.75, 3.05) is 20.6 Å². The summed E-state index contributed by atoms with van der Waals surface area (Å²) in [4.78, 5) is 20.2. The number of aliphatic hydroxyl groups excluding tert-OH is 4. The van der Waals surface area contributed by atoms with Gasteiger partial charge in [-0.2, -0.15) is 0 Å². The zero-order chi connectivity index (χ0) is 21.2. The largest absolute Gasteiger partial charge is 0.479 e. The van der Waals surface area contributed by atoms with E-state index in [0.29, 0.717) is 0 Å². The molecular weight excluding hydrogens is 358 g/mol. The highest BCUT2D eigenvalue weighted by Gasteiger charge is 2.37. The topological polar surface area (TPSA) is 156 Å². The van der Waals surface area contributed by atoms with Gasteiger partial charge in [0.25, 0.3) is 0 Å². The average molecular weight is 386 g/mol. The van der Waals surface area contributed by atoms with E-state index in [9.17, 15) is 9.59 Å². The number of carbonyl (C=O) groups is 2. The van der Waals surface area contributed by atoms with Crippen LogP contribution in [0.2, 0.25) is 0 Å². The molecule has 0 saturated heterocycles. The van der Waals surface area contributed by atoms with Crippen LogP contribution in [0.4, 0.5) is 0 Å². The van der Waals surface area contributed by atoms with Crippen molar-refractivity contribution in [3.63, 3.8) is 0 Å². The van der Waals surface area contributed by atoms with E-state index in [1.807, 2.05) is 6.08 Å². The van der Waals surface area contributed by atoms with Gasteiger partial charge in [0.15, 0.2) is 12.2 Å². The first-order chi connectivity index (χ1) is 12.4. The standard InChI is InChI=1S/C12H18N.C6H10O8/c1-4-10-13(2,3)11-12-8-6-5-7-9-12;7-1(3(9)5(11)12)2(8)4(10)6(13)14/h4-9H,1,10-11H2,2-3H3;1-4,7-10H,(H,11,12)(H,13,14)/q+1;. The van der Waals surface area contributed by atoms with E-state index >= 15 is 0 Å². The van der Waals surface area contributed by atoms with Gasteiger partial charge in [-0.05, 0) is 6.08 Å². The molecule has 6 N–H and O–H groups in total. The Morgan fingerprint density at radius 2 is 1.37 bits per heavy atom. The molecule has 27 heavy (non-hydrogen) atoms. The summed E-state index contributed by atoms with van der Waals surface area (Å²) in [6, 6.07) is 10.6. The summed E-state index contributed by atoms with van der Waals surface area (Å²) >= 11 is 0. The number of carboxylic acid groups (broad SMARTS) is 2. The van der Waals surface area contributed by atoms with Crippen molar-refractivity contribution in [3.8, 4) is 0 Å². The molecule has 0 heterocycles. The van der Waals surface area contributed by atoms with Crippen molar-refractivity contribution >= 4 is 11.9 Å². The van der Waals surface area contributed by atoms with E-state index < -0.39 is 36.4 Å². The number of hydrogen-bond acceptors (Lipinski definition) is 6. The minimum Gasteiger partial charge on any atom is -0.479 e. The Labute approximate surface area is 157 Å². The first kappa shape index (κ1) is 24.7. The summed E-state index contributed by atoms with van der Waals surface area (Å²) in [6.45, 7) is 5.84. The molecule has 0 aliphatic carbocycles. The van der Waals surface area contributed by atoms with Crippen molar-refractivity contribution in [1.82, 2.24) is 0 Å². The monoisotopic (exact) mass is 386 g/mol. The molecule has 152 valence electrons. The second kappa shape index (κ2) is 11.4. The van der Waals surface area contributed by atoms with Gasteiger partial charge < -0.3 is 35.1 Å². The van der Waals surface area contributed by atoms with Crippen LogP contribution < -0.4 is 0 Å². The number of aliphatic carboxylic acids is 2. The average Bonchev–Trinajstić information content (AvgIpc) is 2.59. The molecule has 0 amide bonds. The smallest absolute Gasteiger partial charge is 0.335 e. The molecule has 1 aromatic rings. The quantitative estimate of drug-likeness (QED) is 0.234. The lowest BCUT2D eigenvalue weighted by Crippen LogP contribution is -2.49. The van der Waals surface area contributed by atoms with Gasteiger partial charge in [0.05, 0.1) is 20.6 Å². The Morgan fingerprint density at radius 3 is 1.70 bits per heavy atom. The Hall–Kier alpha value is -2.30. The van der Waals surface area contributed by atoms with Gasteiger partial charge in [0.2, 0.25) is 0 Å². The maximum Gasteiger partial charge on any atom is 0.335 e. The summed E-state index contributed by atoms with van der Waals surface area (Å²) in [5, 5.41) is 51.5. The molecule has 0 spiro atoms. The van der Waals surface area contributed by atoms with Crippen LogP contribution in [0, 0.1) is 0 Å². The fourth-order valence-corrected chi connectivity index (χ4v) is 2.16. The number of carboxylic acids is 2. The number of quaternary nitrogens is 1. The lowest BCUT2D eigenvalue weighted by atomic mass is 10.0. The maximum atomic E-state index is 10.1. The molecule has 0 radical (unpaired) electrons. The van der Waals surface area contributed by atoms with Gasteiger partial charge in [0, 0.05) is 5.56 Å². The summed E-state index contributed by atoms with van der Waals surface area (Å²) in [6.07, 6.45) is -7.31. The molecular formula is C18H28NO8+. The fourth-order valence-electron chi connectivity index (χ4n) is 2.16. The van der Waals surface area contributed by atoms with Crippen molar-refractivity contribution in [2.45, 2.75) is 31.0 Å². The van der Waals surface area contributed by atoms with Crippen LogP contribution in [-0.4, -0.2) is 92.1 Å². The number of hydrogen-bond donors (Lipinski definition) is 6. The minimum atomic E-state index is -2.36. The Morgan fingerprint density at radius 1 is 0.963 bits per heavy atom. The lowest BCUT2D eigenvalue weighted by molar-refractivity contribution is -0.897. The van der Waals surface area contributed by atoms with Crippen LogP contribution in [-0.2, 0) is 16.1 Å². The first-order valence-electron chi connectivity index (χ1n) is 8.07. The highest BCUT2D eigenvalue weighted by atomic mass is 16.4. The van der Waals surface area contributed by atoms with Crippen molar-refractivity contribution < 1.29 is 44.7 Å². The number of rotatable bonds is 9. The molecule has 1 aromatic carbocycles. The van der Waals surface area contributed by atoms with Gasteiger partial charge in [-0.1, -0.05) is 36.9 Å². The SMILES string of the molecule is C=CC[N+](C)(C)Cc1ccccc1.O=C(O)C(O)C(O)C(O)C(O)C(=O)O. The molecule has 9 heteroatoms. The van der Waals surface area contributed by atoms with E-state index in [1.165, 1.54) is 5.56 Å². The van der Waals surface area contributed by atoms with Crippen LogP contribution in [0.25, 0.3) is 0 Å². The zero-order valence-electron chi connectivity index (χ0n) is 15.3. The van der Waals surface area contributed by atoms with E-state index in [-0.39, 0.29) is 0 Å². The van der Waals surface area contributed by atoms with Crippen molar-refractivity contribution in [1.29, 1.82) is 0 Å². The molecule has 0 fully saturated rings. The molecule has 0 aliphatic heterocycles. The molecule has 4 unspecified atom stereocenters. The van der Waals surface area contributed by atoms with E-state index in [4.69, 9.17) is 30.6 Å². The lowest BCUT2D eigenvalue weighted by Gasteiger charge is -2.28. The Kier molecular flexibility index (Phi) is 10.4. The molecule has 0 aliphatic rings. The Bertz CT molecular complexity index is 581. The van der Waals surface area contributed by atoms with Gasteiger partial charge >= 0.3 is 11.9 Å². The molecule has 1 rings (SSSR count). The van der Waals surface area contributed by atoms with Crippen LogP contribution in [0.15, 0.2) is 43.0 Å². The van der Waals surface area contributed by atoms with Gasteiger partial charge in [0.1, 0.15) is 18.8 Å². The van der Waals surface area contributed by atoms with Gasteiger partial charge in [-0.3, -0.25) is 0 Å². The van der Waals surface area contributed by atoms with Gasteiger partial charge in [-0.25, -0.2) is 9.59 Å². The fraction of sp³-hybridized carbons (Fsp3) is 0.444. The van der Waals surface area contributed by atoms with E-state index in [1.54, 1.807) is 0 Å². The molecule has 0 saturated carbocycles. The number of likely N-dealkylation sites (N-methyl/N-ethyl adjacent to an activating group) is 1. The summed E-state index contributed by atoms with van der Waals surface area (Å²) in [7, 11) is 4.43. The van der Waals surface area contributed by atoms with Crippen molar-refractivity contribution in [3.05, 3.63) is 48.6 Å². The zero-order valence-corrected chi connectivity index (χ0v) is 15.3. The number of nitrogens with zero attached hydrogens (tertiary/aromatic N) is 1. The Balaban J connectivity index is 0.000000501. The predicted octanol–water partition coefficient (Wildman–Crippen LogP) is -0.952. The summed E-state index contributed by atoms with van der Waals surface area (Å²) in [5.74, 6) is -3.68. The normalized spacial score (nSPS) is 15.5. The van der Waals surface area contributed by atoms with Crippen LogP contribution in [0.5, 0.6) is 0 Å². The van der Waals surface area contributed by atoms with E-state index in [0.717, 1.165) is 17.6 Å². The third-order valence-electron chi connectivity index (χ3n) is 3.58. The van der Waals surface area contributed by atoms with Crippen LogP contribution in [0.1, 0.15) is 5.56 Å². The minimum absolute atomic E-state index is 0.966. The van der Waals surface area contributed by atoms with E-state index in [2.05, 4.69) is 51.0 Å². The second-order valence-electron chi connectivity index (χ2n) is 6.60. The molecule has 9 nitrogen and oxygen atoms in total. The number of aliphatic hydroxyl groups is 4. The maximum absolute atomic E-state index is 10.1. The summed E-state index contributed by atoms with van der Waals surface area (Å²) in [5.41, 5.74) is 1.38. The molecule has 0 aromatic heterocycles. The van der Waals surface area contributed by atoms with Crippen molar-refractivity contribution in [2.24, 2.45) is 0 Å². The first-order valence-corrected chi connectivity index (χ1v) is 8.07. The second-order valence-corrected chi connectivity index (χ2v) is 6.60. The molecule has 0 bridgehead atoms. The summed E-state index contributed by atoms with van der Waals surface area (Å²) < 4.78 is 0.966. The van der Waals surface area contributed by atoms with Gasteiger partial charge in [-0.15, -0.1) is 0 Å². The highest BCUT2D eigenvalue weighted by Crippen LogP contribution is 2.08. The highest BCUT2D eigenvalue weighted by molar-refractivity contribution is 5.75. The molecule has 4 atom stereocenters. The number of benzene rings is 1. The predicted molar refractivity (Wildman–Crippen MR) is 96.6 cm³/mol. The third kappa shape index (κ3) is 9.27. The van der Waals surface area contributed by atoms with Crippen LogP contribution in [0.3, 0.4) is 0 Å². The third-order valence-corrected chi connectivity index (χ3v) is 3.58.